The molecule has 6 nitrogen and oxygen atoms in total. The van der Waals surface area contributed by atoms with Gasteiger partial charge in [-0.2, -0.15) is 0 Å². The maximum Gasteiger partial charge on any atom is 0.306 e. The van der Waals surface area contributed by atoms with Gasteiger partial charge >= 0.3 is 17.9 Å². The summed E-state index contributed by atoms with van der Waals surface area (Å²) < 4.78 is 16.8. The number of carbonyl (C=O) groups is 3. The second-order valence-electron chi connectivity index (χ2n) is 18.1. The van der Waals surface area contributed by atoms with Crippen LogP contribution in [0.1, 0.15) is 265 Å². The molecule has 0 saturated carbocycles. The maximum absolute atomic E-state index is 12.8. The van der Waals surface area contributed by atoms with Crippen molar-refractivity contribution in [1.29, 1.82) is 0 Å². The van der Waals surface area contributed by atoms with E-state index < -0.39 is 6.10 Å². The highest BCUT2D eigenvalue weighted by Crippen LogP contribution is 2.15. The molecule has 1 atom stereocenters. The fourth-order valence-corrected chi connectivity index (χ4v) is 7.58. The molecule has 0 amide bonds. The highest BCUT2D eigenvalue weighted by molar-refractivity contribution is 5.71. The van der Waals surface area contributed by atoms with Gasteiger partial charge in [0, 0.05) is 19.3 Å². The van der Waals surface area contributed by atoms with Gasteiger partial charge in [0.1, 0.15) is 13.2 Å². The fourth-order valence-electron chi connectivity index (χ4n) is 7.58. The predicted octanol–water partition coefficient (Wildman–Crippen LogP) is 18.2. The van der Waals surface area contributed by atoms with E-state index in [4.69, 9.17) is 14.2 Å². The molecule has 0 saturated heterocycles. The van der Waals surface area contributed by atoms with E-state index in [9.17, 15) is 14.4 Å². The molecular formula is C59H102O6. The Kier molecular flexibility index (Phi) is 50.9. The Morgan fingerprint density at radius 1 is 0.323 bits per heavy atom. The van der Waals surface area contributed by atoms with Gasteiger partial charge in [-0.05, 0) is 89.9 Å². The van der Waals surface area contributed by atoms with E-state index in [1.54, 1.807) is 0 Å². The van der Waals surface area contributed by atoms with Crippen LogP contribution >= 0.6 is 0 Å². The molecule has 0 aromatic heterocycles. The molecule has 0 heterocycles. The van der Waals surface area contributed by atoms with Gasteiger partial charge in [0.05, 0.1) is 0 Å². The van der Waals surface area contributed by atoms with Gasteiger partial charge in [-0.15, -0.1) is 0 Å². The molecule has 0 aliphatic carbocycles. The van der Waals surface area contributed by atoms with Crippen molar-refractivity contribution in [3.05, 3.63) is 72.9 Å². The van der Waals surface area contributed by atoms with Crippen molar-refractivity contribution in [3.8, 4) is 0 Å². The highest BCUT2D eigenvalue weighted by atomic mass is 16.6. The Morgan fingerprint density at radius 2 is 0.600 bits per heavy atom. The molecule has 0 fully saturated rings. The van der Waals surface area contributed by atoms with Crippen LogP contribution in [-0.2, 0) is 28.6 Å². The molecule has 65 heavy (non-hydrogen) atoms. The molecule has 0 aromatic carbocycles. The quantitative estimate of drug-likeness (QED) is 0.0262. The zero-order chi connectivity index (χ0) is 47.2. The third-order valence-electron chi connectivity index (χ3n) is 11.7. The fraction of sp³-hybridized carbons (Fsp3) is 0.746. The average Bonchev–Trinajstić information content (AvgIpc) is 3.30. The second-order valence-corrected chi connectivity index (χ2v) is 18.1. The molecule has 0 rings (SSSR count). The van der Waals surface area contributed by atoms with Crippen LogP contribution in [0.5, 0.6) is 0 Å². The number of hydrogen-bond donors (Lipinski definition) is 0. The lowest BCUT2D eigenvalue weighted by atomic mass is 10.0. The molecule has 0 aromatic rings. The first-order valence-corrected chi connectivity index (χ1v) is 27.4. The number of allylic oxidation sites excluding steroid dienone is 12. The summed E-state index contributed by atoms with van der Waals surface area (Å²) in [6, 6.07) is 0. The van der Waals surface area contributed by atoms with Crippen LogP contribution < -0.4 is 0 Å². The van der Waals surface area contributed by atoms with Crippen molar-refractivity contribution in [3.63, 3.8) is 0 Å². The zero-order valence-electron chi connectivity index (χ0n) is 42.7. The molecule has 0 unspecified atom stereocenters. The van der Waals surface area contributed by atoms with Gasteiger partial charge in [-0.25, -0.2) is 0 Å². The normalized spacial score (nSPS) is 12.6. The van der Waals surface area contributed by atoms with Crippen molar-refractivity contribution < 1.29 is 28.6 Å². The average molecular weight is 907 g/mol. The van der Waals surface area contributed by atoms with E-state index in [0.29, 0.717) is 19.3 Å². The minimum atomic E-state index is -0.798. The van der Waals surface area contributed by atoms with E-state index >= 15 is 0 Å². The van der Waals surface area contributed by atoms with Crippen LogP contribution in [0.25, 0.3) is 0 Å². The van der Waals surface area contributed by atoms with Crippen molar-refractivity contribution in [2.24, 2.45) is 0 Å². The van der Waals surface area contributed by atoms with Crippen molar-refractivity contribution in [1.82, 2.24) is 0 Å². The van der Waals surface area contributed by atoms with E-state index in [-0.39, 0.29) is 31.1 Å². The summed E-state index contributed by atoms with van der Waals surface area (Å²) in [5, 5.41) is 0. The summed E-state index contributed by atoms with van der Waals surface area (Å²) in [6.45, 7) is 6.47. The molecule has 374 valence electrons. The minimum Gasteiger partial charge on any atom is -0.462 e. The Bertz CT molecular complexity index is 1230. The van der Waals surface area contributed by atoms with Gasteiger partial charge in [0.2, 0.25) is 0 Å². The zero-order valence-corrected chi connectivity index (χ0v) is 42.7. The first-order valence-electron chi connectivity index (χ1n) is 27.4. The number of esters is 3. The van der Waals surface area contributed by atoms with Gasteiger partial charge < -0.3 is 14.2 Å². The van der Waals surface area contributed by atoms with Crippen LogP contribution in [0.2, 0.25) is 0 Å². The largest absolute Gasteiger partial charge is 0.462 e. The number of ether oxygens (including phenoxy) is 3. The van der Waals surface area contributed by atoms with Crippen LogP contribution in [0.4, 0.5) is 0 Å². The smallest absolute Gasteiger partial charge is 0.306 e. The first kappa shape index (κ1) is 61.9. The van der Waals surface area contributed by atoms with Crippen molar-refractivity contribution >= 4 is 17.9 Å². The van der Waals surface area contributed by atoms with Crippen LogP contribution in [0, 0.1) is 0 Å². The topological polar surface area (TPSA) is 78.9 Å². The Hall–Kier alpha value is -3.15. The van der Waals surface area contributed by atoms with E-state index in [1.165, 1.54) is 116 Å². The molecule has 6 heteroatoms. The van der Waals surface area contributed by atoms with Gasteiger partial charge in [0.25, 0.3) is 0 Å². The third kappa shape index (κ3) is 51.7. The molecule has 0 spiro atoms. The van der Waals surface area contributed by atoms with Crippen LogP contribution in [0.3, 0.4) is 0 Å². The second kappa shape index (κ2) is 53.5. The number of unbranched alkanes of at least 4 members (excludes halogenated alkanes) is 26. The molecular weight excluding hydrogens is 805 g/mol. The van der Waals surface area contributed by atoms with Crippen molar-refractivity contribution in [2.45, 2.75) is 271 Å². The standard InChI is InChI=1S/C59H102O6/c1-4-7-10-13-16-19-22-25-28-29-32-34-37-40-43-46-49-52-58(61)64-55-56(65-59(62)53-50-47-44-41-38-35-31-27-24-21-18-15-12-9-6-3)54-63-57(60)51-48-45-42-39-36-33-30-26-23-20-17-14-11-8-5-2/h8,11,17-18,20-21,26-27,30-31,36,39,56H,4-7,9-10,12-16,19,22-25,28-29,32-35,37-38,40-55H2,1-3H3/b11-8-,20-17-,21-18-,30-26-,31-27-,39-36-/t56-/m1/s1. The molecule has 0 aliphatic heterocycles. The van der Waals surface area contributed by atoms with E-state index in [2.05, 4.69) is 93.7 Å². The van der Waals surface area contributed by atoms with E-state index in [1.807, 2.05) is 0 Å². The number of hydrogen-bond acceptors (Lipinski definition) is 6. The highest BCUT2D eigenvalue weighted by Gasteiger charge is 2.19. The summed E-state index contributed by atoms with van der Waals surface area (Å²) in [4.78, 5) is 38.1. The van der Waals surface area contributed by atoms with Crippen molar-refractivity contribution in [2.75, 3.05) is 13.2 Å². The Morgan fingerprint density at radius 3 is 1.00 bits per heavy atom. The van der Waals surface area contributed by atoms with Gasteiger partial charge in [-0.1, -0.05) is 229 Å². The maximum atomic E-state index is 12.8. The number of carbonyl (C=O) groups excluding carboxylic acids is 3. The molecule has 0 radical (unpaired) electrons. The summed E-state index contributed by atoms with van der Waals surface area (Å²) in [7, 11) is 0. The number of rotatable bonds is 49. The summed E-state index contributed by atoms with van der Waals surface area (Å²) in [5.74, 6) is -0.943. The van der Waals surface area contributed by atoms with Crippen LogP contribution in [-0.4, -0.2) is 37.2 Å². The Balaban J connectivity index is 4.44. The SMILES string of the molecule is CC/C=C\C/C=C\C/C=C\C/C=C\CCCCC(=O)OC[C@H](COC(=O)CCCCCCCCCCCCCCCCCCC)OC(=O)CCCCCCC/C=C\C/C=C\CCCCC. The van der Waals surface area contributed by atoms with Gasteiger partial charge in [-0.3, -0.25) is 14.4 Å². The van der Waals surface area contributed by atoms with E-state index in [0.717, 1.165) is 109 Å². The third-order valence-corrected chi connectivity index (χ3v) is 11.7. The molecule has 0 N–H and O–H groups in total. The predicted molar refractivity (Wildman–Crippen MR) is 279 cm³/mol. The lowest BCUT2D eigenvalue weighted by molar-refractivity contribution is -0.167. The summed E-state index contributed by atoms with van der Waals surface area (Å²) >= 11 is 0. The monoisotopic (exact) mass is 907 g/mol. The summed E-state index contributed by atoms with van der Waals surface area (Å²) in [6.07, 6.45) is 67.5. The van der Waals surface area contributed by atoms with Crippen LogP contribution in [0.15, 0.2) is 72.9 Å². The molecule has 0 bridgehead atoms. The lowest BCUT2D eigenvalue weighted by Crippen LogP contribution is -2.30. The lowest BCUT2D eigenvalue weighted by Gasteiger charge is -2.18. The van der Waals surface area contributed by atoms with Gasteiger partial charge in [0.15, 0.2) is 6.10 Å². The molecule has 0 aliphatic rings. The Labute approximate surface area is 402 Å². The summed E-state index contributed by atoms with van der Waals surface area (Å²) in [5.41, 5.74) is 0. The first-order chi connectivity index (χ1) is 32.0. The minimum absolute atomic E-state index is 0.0925.